The van der Waals surface area contributed by atoms with Crippen LogP contribution < -0.4 is 5.32 Å². The molecule has 1 aromatic carbocycles. The van der Waals surface area contributed by atoms with Crippen LogP contribution in [0.1, 0.15) is 19.4 Å². The Balaban J connectivity index is 0.00000144. The van der Waals surface area contributed by atoms with Gasteiger partial charge in [-0.3, -0.25) is 4.90 Å². The lowest BCUT2D eigenvalue weighted by Crippen LogP contribution is -2.53. The molecular weight excluding hydrogens is 255 g/mol. The summed E-state index contributed by atoms with van der Waals surface area (Å²) in [6.07, 6.45) is 0. The lowest BCUT2D eigenvalue weighted by atomic mass is 10.1. The third kappa shape index (κ3) is 4.14. The molecule has 2 nitrogen and oxygen atoms in total. The molecule has 1 saturated heterocycles. The van der Waals surface area contributed by atoms with Crippen molar-refractivity contribution in [3.05, 3.63) is 34.9 Å². The van der Waals surface area contributed by atoms with Gasteiger partial charge in [0.25, 0.3) is 0 Å². The zero-order valence-electron chi connectivity index (χ0n) is 10.3. The Labute approximate surface area is 115 Å². The van der Waals surface area contributed by atoms with Gasteiger partial charge in [0.05, 0.1) is 0 Å². The molecule has 1 aromatic rings. The Bertz CT molecular complexity index is 357. The van der Waals surface area contributed by atoms with Gasteiger partial charge in [-0.25, -0.2) is 0 Å². The largest absolute Gasteiger partial charge is 0.311 e. The average Bonchev–Trinajstić information content (AvgIpc) is 2.24. The van der Waals surface area contributed by atoms with Crippen LogP contribution in [0.4, 0.5) is 0 Å². The number of nitrogens with one attached hydrogen (secondary N) is 1. The molecule has 1 aliphatic rings. The van der Waals surface area contributed by atoms with E-state index in [1.54, 1.807) is 0 Å². The third-order valence-electron chi connectivity index (χ3n) is 3.17. The molecule has 1 fully saturated rings. The maximum Gasteiger partial charge on any atom is 0.0409 e. The summed E-state index contributed by atoms with van der Waals surface area (Å²) >= 11 is 6.00. The van der Waals surface area contributed by atoms with Crippen LogP contribution in [0.3, 0.4) is 0 Å². The zero-order valence-corrected chi connectivity index (χ0v) is 11.9. The highest BCUT2D eigenvalue weighted by atomic mass is 35.5. The van der Waals surface area contributed by atoms with Crippen LogP contribution in [0.25, 0.3) is 0 Å². The summed E-state index contributed by atoms with van der Waals surface area (Å²) in [7, 11) is 0. The summed E-state index contributed by atoms with van der Waals surface area (Å²) in [5, 5.41) is 4.32. The van der Waals surface area contributed by atoms with Gasteiger partial charge in [0.1, 0.15) is 0 Å². The molecule has 2 rings (SSSR count). The first-order valence-corrected chi connectivity index (χ1v) is 6.25. The number of hydrogen-bond acceptors (Lipinski definition) is 2. The average molecular weight is 275 g/mol. The summed E-state index contributed by atoms with van der Waals surface area (Å²) in [6, 6.07) is 9.32. The fraction of sp³-hybridized carbons (Fsp3) is 0.538. The number of hydrogen-bond donors (Lipinski definition) is 1. The fourth-order valence-electron chi connectivity index (χ4n) is 2.19. The van der Waals surface area contributed by atoms with Crippen molar-refractivity contribution in [3.63, 3.8) is 0 Å². The molecule has 0 bridgehead atoms. The summed E-state index contributed by atoms with van der Waals surface area (Å²) in [6.45, 7) is 7.67. The van der Waals surface area contributed by atoms with Gasteiger partial charge in [-0.05, 0) is 31.5 Å². The van der Waals surface area contributed by atoms with E-state index in [9.17, 15) is 0 Å². The van der Waals surface area contributed by atoms with E-state index in [0.29, 0.717) is 12.1 Å². The zero-order chi connectivity index (χ0) is 11.5. The highest BCUT2D eigenvalue weighted by Crippen LogP contribution is 2.15. The van der Waals surface area contributed by atoms with E-state index < -0.39 is 0 Å². The van der Waals surface area contributed by atoms with Crippen molar-refractivity contribution in [2.75, 3.05) is 13.1 Å². The van der Waals surface area contributed by atoms with E-state index in [1.807, 2.05) is 12.1 Å². The van der Waals surface area contributed by atoms with Gasteiger partial charge in [-0.1, -0.05) is 23.7 Å². The molecule has 96 valence electrons. The highest BCUT2D eigenvalue weighted by molar-refractivity contribution is 6.30. The van der Waals surface area contributed by atoms with E-state index in [2.05, 4.69) is 36.2 Å². The van der Waals surface area contributed by atoms with E-state index >= 15 is 0 Å². The lowest BCUT2D eigenvalue weighted by Gasteiger charge is -2.37. The van der Waals surface area contributed by atoms with Gasteiger partial charge in [0.2, 0.25) is 0 Å². The van der Waals surface area contributed by atoms with Crippen LogP contribution >= 0.6 is 24.0 Å². The quantitative estimate of drug-likeness (QED) is 0.892. The molecule has 2 atom stereocenters. The Morgan fingerprint density at radius 2 is 2.18 bits per heavy atom. The van der Waals surface area contributed by atoms with Crippen molar-refractivity contribution in [1.29, 1.82) is 0 Å². The van der Waals surface area contributed by atoms with Crippen LogP contribution in [0.5, 0.6) is 0 Å². The molecule has 0 saturated carbocycles. The second kappa shape index (κ2) is 6.60. The minimum Gasteiger partial charge on any atom is -0.311 e. The fourth-order valence-corrected chi connectivity index (χ4v) is 2.40. The molecular formula is C13H20Cl2N2. The van der Waals surface area contributed by atoms with Gasteiger partial charge < -0.3 is 5.32 Å². The molecule has 1 heterocycles. The first-order chi connectivity index (χ1) is 7.65. The molecule has 2 unspecified atom stereocenters. The first kappa shape index (κ1) is 14.8. The number of nitrogens with zero attached hydrogens (tertiary/aromatic N) is 1. The normalized spacial score (nSPS) is 25.4. The molecule has 0 aromatic heterocycles. The van der Waals surface area contributed by atoms with Gasteiger partial charge in [-0.15, -0.1) is 12.4 Å². The van der Waals surface area contributed by atoms with Crippen LogP contribution in [0.15, 0.2) is 24.3 Å². The summed E-state index contributed by atoms with van der Waals surface area (Å²) < 4.78 is 0. The Kier molecular flexibility index (Phi) is 5.74. The predicted octanol–water partition coefficient (Wildman–Crippen LogP) is 2.94. The smallest absolute Gasteiger partial charge is 0.0409 e. The Hall–Kier alpha value is -0.280. The van der Waals surface area contributed by atoms with E-state index in [1.165, 1.54) is 5.56 Å². The summed E-state index contributed by atoms with van der Waals surface area (Å²) in [4.78, 5) is 2.51. The summed E-state index contributed by atoms with van der Waals surface area (Å²) in [5.74, 6) is 0. The van der Waals surface area contributed by atoms with Crippen molar-refractivity contribution >= 4 is 24.0 Å². The van der Waals surface area contributed by atoms with Gasteiger partial charge in [-0.2, -0.15) is 0 Å². The van der Waals surface area contributed by atoms with Crippen molar-refractivity contribution in [2.24, 2.45) is 0 Å². The minimum atomic E-state index is 0. The molecule has 4 heteroatoms. The van der Waals surface area contributed by atoms with Gasteiger partial charge in [0, 0.05) is 36.7 Å². The van der Waals surface area contributed by atoms with Crippen LogP contribution in [0, 0.1) is 0 Å². The third-order valence-corrected chi connectivity index (χ3v) is 3.40. The Morgan fingerprint density at radius 1 is 1.41 bits per heavy atom. The highest BCUT2D eigenvalue weighted by Gasteiger charge is 2.21. The van der Waals surface area contributed by atoms with Crippen LogP contribution in [-0.2, 0) is 6.54 Å². The van der Waals surface area contributed by atoms with E-state index in [-0.39, 0.29) is 12.4 Å². The number of rotatable bonds is 2. The molecule has 0 aliphatic carbocycles. The maximum absolute atomic E-state index is 6.00. The van der Waals surface area contributed by atoms with E-state index in [4.69, 9.17) is 11.6 Å². The lowest BCUT2D eigenvalue weighted by molar-refractivity contribution is 0.139. The topological polar surface area (TPSA) is 15.3 Å². The molecule has 1 N–H and O–H groups in total. The molecule has 0 spiro atoms. The SMILES string of the molecule is CC1CN(Cc2cccc(Cl)c2)C(C)CN1.Cl. The van der Waals surface area contributed by atoms with Crippen molar-refractivity contribution < 1.29 is 0 Å². The summed E-state index contributed by atoms with van der Waals surface area (Å²) in [5.41, 5.74) is 1.30. The van der Waals surface area contributed by atoms with Crippen LogP contribution in [0.2, 0.25) is 5.02 Å². The molecule has 17 heavy (non-hydrogen) atoms. The first-order valence-electron chi connectivity index (χ1n) is 5.87. The second-order valence-electron chi connectivity index (χ2n) is 4.72. The molecule has 1 aliphatic heterocycles. The molecule has 0 radical (unpaired) electrons. The van der Waals surface area contributed by atoms with Crippen molar-refractivity contribution in [1.82, 2.24) is 10.2 Å². The van der Waals surface area contributed by atoms with Crippen molar-refractivity contribution in [3.8, 4) is 0 Å². The maximum atomic E-state index is 6.00. The van der Waals surface area contributed by atoms with Gasteiger partial charge >= 0.3 is 0 Å². The Morgan fingerprint density at radius 3 is 2.88 bits per heavy atom. The standard InChI is InChI=1S/C13H19ClN2.ClH/c1-10-8-16(11(2)7-15-10)9-12-4-3-5-13(14)6-12;/h3-6,10-11,15H,7-9H2,1-2H3;1H. The monoisotopic (exact) mass is 274 g/mol. The number of piperazine rings is 1. The number of benzene rings is 1. The van der Waals surface area contributed by atoms with Gasteiger partial charge in [0.15, 0.2) is 0 Å². The predicted molar refractivity (Wildman–Crippen MR) is 76.0 cm³/mol. The minimum absolute atomic E-state index is 0. The second-order valence-corrected chi connectivity index (χ2v) is 5.15. The number of halogens is 2. The van der Waals surface area contributed by atoms with Crippen LogP contribution in [-0.4, -0.2) is 30.1 Å². The van der Waals surface area contributed by atoms with Crippen molar-refractivity contribution in [2.45, 2.75) is 32.5 Å². The van der Waals surface area contributed by atoms with E-state index in [0.717, 1.165) is 24.7 Å². The molecule has 0 amide bonds.